The number of halogens is 2. The molecular weight excluding hydrogens is 165 g/mol. The van der Waals surface area contributed by atoms with Crippen LogP contribution in [0.5, 0.6) is 0 Å². The smallest absolute Gasteiger partial charge is 0.123 e. The molecule has 0 radical (unpaired) electrons. The summed E-state index contributed by atoms with van der Waals surface area (Å²) in [6.45, 7) is 0. The number of benzene rings is 1. The van der Waals surface area contributed by atoms with Crippen LogP contribution in [-0.2, 0) is 6.42 Å². The van der Waals surface area contributed by atoms with Gasteiger partial charge in [-0.25, -0.2) is 4.39 Å². The summed E-state index contributed by atoms with van der Waals surface area (Å²) in [7, 11) is 0. The molecule has 0 heterocycles. The zero-order valence-electron chi connectivity index (χ0n) is 5.88. The van der Waals surface area contributed by atoms with Crippen molar-refractivity contribution in [1.82, 2.24) is 0 Å². The van der Waals surface area contributed by atoms with Crippen molar-refractivity contribution in [2.24, 2.45) is 5.73 Å². The van der Waals surface area contributed by atoms with Crippen molar-refractivity contribution in [1.29, 1.82) is 0 Å². The molecule has 0 spiro atoms. The first kappa shape index (κ1) is 8.50. The highest BCUT2D eigenvalue weighted by atomic mass is 35.5. The summed E-state index contributed by atoms with van der Waals surface area (Å²) in [5.74, 6) is -0.186. The Morgan fingerprint density at radius 2 is 2.18 bits per heavy atom. The van der Waals surface area contributed by atoms with Gasteiger partial charge in [0.25, 0.3) is 0 Å². The van der Waals surface area contributed by atoms with Crippen LogP contribution in [0.1, 0.15) is 17.2 Å². The first-order chi connectivity index (χ1) is 4.77. The monoisotopic (exact) mass is 173 g/mol. The Kier molecular flexibility index (Phi) is 2.16. The van der Waals surface area contributed by atoms with Gasteiger partial charge in [-0.05, 0) is 29.7 Å². The minimum atomic E-state index is -0.186. The molecule has 1 aliphatic rings. The lowest BCUT2D eigenvalue weighted by atomic mass is 9.84. The maximum absolute atomic E-state index is 12.5. The minimum absolute atomic E-state index is 0. The third kappa shape index (κ3) is 1.24. The van der Waals surface area contributed by atoms with Gasteiger partial charge in [0.1, 0.15) is 5.82 Å². The Morgan fingerprint density at radius 3 is 2.73 bits per heavy atom. The molecule has 0 aliphatic heterocycles. The summed E-state index contributed by atoms with van der Waals surface area (Å²) in [6.07, 6.45) is 0.898. The molecule has 3 heteroatoms. The van der Waals surface area contributed by atoms with E-state index in [0.29, 0.717) is 0 Å². The van der Waals surface area contributed by atoms with Crippen LogP contribution in [-0.4, -0.2) is 0 Å². The van der Waals surface area contributed by atoms with E-state index in [-0.39, 0.29) is 24.3 Å². The average molecular weight is 174 g/mol. The molecule has 1 aromatic carbocycles. The maximum Gasteiger partial charge on any atom is 0.123 e. The highest BCUT2D eigenvalue weighted by molar-refractivity contribution is 5.85. The molecule has 1 aromatic rings. The molecule has 0 unspecified atom stereocenters. The molecule has 0 saturated carbocycles. The van der Waals surface area contributed by atoms with Crippen molar-refractivity contribution < 1.29 is 4.39 Å². The number of hydrogen-bond acceptors (Lipinski definition) is 1. The zero-order valence-corrected chi connectivity index (χ0v) is 6.70. The second-order valence-electron chi connectivity index (χ2n) is 2.65. The third-order valence-corrected chi connectivity index (χ3v) is 1.95. The largest absolute Gasteiger partial charge is 0.324 e. The SMILES string of the molecule is Cl.N[C@H]1Cc2ccc(F)cc21. The molecule has 1 atom stereocenters. The molecule has 1 nitrogen and oxygen atoms in total. The molecule has 2 rings (SSSR count). The summed E-state index contributed by atoms with van der Waals surface area (Å²) in [5, 5.41) is 0. The minimum Gasteiger partial charge on any atom is -0.324 e. The summed E-state index contributed by atoms with van der Waals surface area (Å²) < 4.78 is 12.5. The first-order valence-electron chi connectivity index (χ1n) is 3.31. The lowest BCUT2D eigenvalue weighted by Crippen LogP contribution is -2.24. The van der Waals surface area contributed by atoms with Crippen molar-refractivity contribution >= 4 is 12.4 Å². The van der Waals surface area contributed by atoms with Gasteiger partial charge in [-0.15, -0.1) is 12.4 Å². The van der Waals surface area contributed by atoms with Gasteiger partial charge in [0.15, 0.2) is 0 Å². The molecule has 0 amide bonds. The predicted molar refractivity (Wildman–Crippen MR) is 44.3 cm³/mol. The number of hydrogen-bond donors (Lipinski definition) is 1. The predicted octanol–water partition coefficient (Wildman–Crippen LogP) is 1.80. The van der Waals surface area contributed by atoms with Crippen LogP contribution in [0.4, 0.5) is 4.39 Å². The van der Waals surface area contributed by atoms with Crippen molar-refractivity contribution in [3.05, 3.63) is 35.1 Å². The standard InChI is InChI=1S/C8H8FN.ClH/c9-6-2-1-5-3-8(10)7(5)4-6;/h1-2,4,8H,3,10H2;1H/t8-;/m0./s1. The van der Waals surface area contributed by atoms with Gasteiger partial charge in [0.2, 0.25) is 0 Å². The topological polar surface area (TPSA) is 26.0 Å². The lowest BCUT2D eigenvalue weighted by molar-refractivity contribution is 0.591. The van der Waals surface area contributed by atoms with E-state index in [9.17, 15) is 4.39 Å². The number of fused-ring (bicyclic) bond motifs is 1. The van der Waals surface area contributed by atoms with Crippen LogP contribution in [0, 0.1) is 5.82 Å². The summed E-state index contributed by atoms with van der Waals surface area (Å²) in [4.78, 5) is 0. The Hall–Kier alpha value is -0.600. The molecule has 0 bridgehead atoms. The first-order valence-corrected chi connectivity index (χ1v) is 3.31. The van der Waals surface area contributed by atoms with Gasteiger partial charge in [-0.2, -0.15) is 0 Å². The van der Waals surface area contributed by atoms with Gasteiger partial charge < -0.3 is 5.73 Å². The van der Waals surface area contributed by atoms with E-state index < -0.39 is 0 Å². The fraction of sp³-hybridized carbons (Fsp3) is 0.250. The van der Waals surface area contributed by atoms with Gasteiger partial charge in [-0.1, -0.05) is 6.07 Å². The normalized spacial score (nSPS) is 19.6. The molecule has 0 fully saturated rings. The summed E-state index contributed by atoms with van der Waals surface area (Å²) in [5.41, 5.74) is 7.75. The fourth-order valence-electron chi connectivity index (χ4n) is 1.31. The van der Waals surface area contributed by atoms with E-state index in [2.05, 4.69) is 0 Å². The van der Waals surface area contributed by atoms with Gasteiger partial charge in [0, 0.05) is 6.04 Å². The van der Waals surface area contributed by atoms with Crippen molar-refractivity contribution in [2.75, 3.05) is 0 Å². The Balaban J connectivity index is 0.000000605. The summed E-state index contributed by atoms with van der Waals surface area (Å²) >= 11 is 0. The molecule has 0 aromatic heterocycles. The van der Waals surface area contributed by atoms with E-state index in [4.69, 9.17) is 5.73 Å². The molecule has 60 valence electrons. The van der Waals surface area contributed by atoms with Crippen LogP contribution in [0.15, 0.2) is 18.2 Å². The van der Waals surface area contributed by atoms with E-state index in [1.807, 2.05) is 0 Å². The average Bonchev–Trinajstić information content (AvgIpc) is 1.92. The fourth-order valence-corrected chi connectivity index (χ4v) is 1.31. The number of rotatable bonds is 0. The maximum atomic E-state index is 12.5. The molecule has 1 aliphatic carbocycles. The van der Waals surface area contributed by atoms with Gasteiger partial charge >= 0.3 is 0 Å². The molecule has 2 N–H and O–H groups in total. The van der Waals surface area contributed by atoms with Crippen LogP contribution in [0.3, 0.4) is 0 Å². The lowest BCUT2D eigenvalue weighted by Gasteiger charge is -2.26. The van der Waals surface area contributed by atoms with Crippen LogP contribution in [0.25, 0.3) is 0 Å². The van der Waals surface area contributed by atoms with Gasteiger partial charge in [-0.3, -0.25) is 0 Å². The second-order valence-corrected chi connectivity index (χ2v) is 2.65. The second kappa shape index (κ2) is 2.80. The van der Waals surface area contributed by atoms with Crippen LogP contribution in [0.2, 0.25) is 0 Å². The van der Waals surface area contributed by atoms with Crippen LogP contribution >= 0.6 is 12.4 Å². The zero-order chi connectivity index (χ0) is 7.14. The number of nitrogens with two attached hydrogens (primary N) is 1. The van der Waals surface area contributed by atoms with Crippen molar-refractivity contribution in [3.8, 4) is 0 Å². The van der Waals surface area contributed by atoms with Crippen molar-refractivity contribution in [3.63, 3.8) is 0 Å². The third-order valence-electron chi connectivity index (χ3n) is 1.95. The summed E-state index contributed by atoms with van der Waals surface area (Å²) in [6, 6.07) is 4.87. The van der Waals surface area contributed by atoms with E-state index in [1.165, 1.54) is 17.7 Å². The molecule has 11 heavy (non-hydrogen) atoms. The Morgan fingerprint density at radius 1 is 1.45 bits per heavy atom. The van der Waals surface area contributed by atoms with E-state index >= 15 is 0 Å². The highest BCUT2D eigenvalue weighted by Crippen LogP contribution is 2.30. The quantitative estimate of drug-likeness (QED) is 0.636. The Labute approximate surface area is 70.8 Å². The molecule has 0 saturated heterocycles. The Bertz CT molecular complexity index is 275. The van der Waals surface area contributed by atoms with E-state index in [0.717, 1.165) is 12.0 Å². The highest BCUT2D eigenvalue weighted by Gasteiger charge is 2.21. The van der Waals surface area contributed by atoms with Crippen molar-refractivity contribution in [2.45, 2.75) is 12.5 Å². The molecular formula is C8H9ClFN. The van der Waals surface area contributed by atoms with Gasteiger partial charge in [0.05, 0.1) is 0 Å². The van der Waals surface area contributed by atoms with E-state index in [1.54, 1.807) is 6.07 Å². The van der Waals surface area contributed by atoms with Crippen LogP contribution < -0.4 is 5.73 Å².